The lowest BCUT2D eigenvalue weighted by Crippen LogP contribution is -2.47. The highest BCUT2D eigenvalue weighted by Crippen LogP contribution is 2.27. The molecule has 2 aliphatic heterocycles. The summed E-state index contributed by atoms with van der Waals surface area (Å²) in [5.74, 6) is -0.268. The summed E-state index contributed by atoms with van der Waals surface area (Å²) in [4.78, 5) is 29.7. The van der Waals surface area contributed by atoms with Gasteiger partial charge in [-0.3, -0.25) is 4.79 Å². The van der Waals surface area contributed by atoms with Gasteiger partial charge in [0.2, 0.25) is 0 Å². The first kappa shape index (κ1) is 17.8. The Morgan fingerprint density at radius 2 is 1.88 bits per heavy atom. The Hall–Kier alpha value is -3.01. The van der Waals surface area contributed by atoms with Gasteiger partial charge in [0, 0.05) is 44.6 Å². The Morgan fingerprint density at radius 3 is 2.58 bits per heavy atom. The number of hydrogen-bond donors (Lipinski definition) is 0. The number of fused-ring (bicyclic) bond motifs is 1. The van der Waals surface area contributed by atoms with Crippen LogP contribution in [-0.4, -0.2) is 61.6 Å². The van der Waals surface area contributed by atoms with E-state index < -0.39 is 0 Å². The molecule has 136 valence electrons. The van der Waals surface area contributed by atoms with Gasteiger partial charge in [-0.25, -0.2) is 4.79 Å². The van der Waals surface area contributed by atoms with Gasteiger partial charge in [0.15, 0.2) is 0 Å². The fourth-order valence-electron chi connectivity index (χ4n) is 3.37. The Kier molecular flexibility index (Phi) is 5.42. The van der Waals surface area contributed by atoms with Crippen molar-refractivity contribution in [2.24, 2.45) is 0 Å². The van der Waals surface area contributed by atoms with Crippen molar-refractivity contribution in [3.8, 4) is 6.07 Å². The van der Waals surface area contributed by atoms with Gasteiger partial charge in [0.05, 0.1) is 7.11 Å². The molecule has 7 nitrogen and oxygen atoms in total. The standard InChI is InChI=1S/C19H22N4O3/c1-26-19(25)22-11-9-21(10-12-22)14-16(13-20)18(24)23-8-4-6-15-5-2-3-7-17(15)23/h2-3,5,7,14H,4,6,8-12H2,1H3/b16-14-. The number of hydrogen-bond acceptors (Lipinski definition) is 5. The van der Waals surface area contributed by atoms with Gasteiger partial charge in [0.25, 0.3) is 5.91 Å². The maximum Gasteiger partial charge on any atom is 0.409 e. The highest BCUT2D eigenvalue weighted by Gasteiger charge is 2.26. The number of carbonyl (C=O) groups is 2. The highest BCUT2D eigenvalue weighted by molar-refractivity contribution is 6.08. The van der Waals surface area contributed by atoms with Crippen LogP contribution in [0.2, 0.25) is 0 Å². The zero-order chi connectivity index (χ0) is 18.5. The van der Waals surface area contributed by atoms with Crippen LogP contribution in [0, 0.1) is 11.3 Å². The molecule has 2 aliphatic rings. The number of nitrogens with zero attached hydrogens (tertiary/aromatic N) is 4. The number of nitriles is 1. The van der Waals surface area contributed by atoms with Crippen molar-refractivity contribution in [1.29, 1.82) is 5.26 Å². The van der Waals surface area contributed by atoms with E-state index in [0.29, 0.717) is 32.7 Å². The van der Waals surface area contributed by atoms with Gasteiger partial charge in [0.1, 0.15) is 11.6 Å². The largest absolute Gasteiger partial charge is 0.453 e. The third kappa shape index (κ3) is 3.64. The Bertz CT molecular complexity index is 760. The van der Waals surface area contributed by atoms with E-state index in [2.05, 4.69) is 0 Å². The topological polar surface area (TPSA) is 76.9 Å². The number of ether oxygens (including phenoxy) is 1. The lowest BCUT2D eigenvalue weighted by atomic mass is 10.0. The minimum Gasteiger partial charge on any atom is -0.453 e. The predicted octanol–water partition coefficient (Wildman–Crippen LogP) is 1.76. The quantitative estimate of drug-likeness (QED) is 0.597. The average Bonchev–Trinajstić information content (AvgIpc) is 2.71. The fraction of sp³-hybridized carbons (Fsp3) is 0.421. The molecule has 1 saturated heterocycles. The minimum atomic E-state index is -0.352. The Morgan fingerprint density at radius 1 is 1.15 bits per heavy atom. The van der Waals surface area contributed by atoms with Gasteiger partial charge < -0.3 is 19.4 Å². The van der Waals surface area contributed by atoms with Crippen LogP contribution in [0.4, 0.5) is 10.5 Å². The molecule has 0 N–H and O–H groups in total. The van der Waals surface area contributed by atoms with Crippen molar-refractivity contribution in [2.45, 2.75) is 12.8 Å². The van der Waals surface area contributed by atoms with Crippen LogP contribution < -0.4 is 4.90 Å². The molecular weight excluding hydrogens is 332 g/mol. The van der Waals surface area contributed by atoms with Crippen molar-refractivity contribution in [3.05, 3.63) is 41.6 Å². The van der Waals surface area contributed by atoms with Crippen LogP contribution in [0.15, 0.2) is 36.0 Å². The number of rotatable bonds is 2. The van der Waals surface area contributed by atoms with Crippen molar-refractivity contribution in [1.82, 2.24) is 9.80 Å². The minimum absolute atomic E-state index is 0.119. The second-order valence-corrected chi connectivity index (χ2v) is 6.34. The fourth-order valence-corrected chi connectivity index (χ4v) is 3.37. The lowest BCUT2D eigenvalue weighted by Gasteiger charge is -2.33. The molecule has 2 amide bonds. The number of para-hydroxylation sites is 1. The van der Waals surface area contributed by atoms with Crippen LogP contribution >= 0.6 is 0 Å². The zero-order valence-electron chi connectivity index (χ0n) is 14.9. The number of carbonyl (C=O) groups excluding carboxylic acids is 2. The maximum atomic E-state index is 12.9. The van der Waals surface area contributed by atoms with Gasteiger partial charge in [-0.05, 0) is 24.5 Å². The van der Waals surface area contributed by atoms with Gasteiger partial charge in [-0.15, -0.1) is 0 Å². The molecule has 0 radical (unpaired) electrons. The molecule has 1 aromatic carbocycles. The van der Waals surface area contributed by atoms with E-state index in [9.17, 15) is 14.9 Å². The summed E-state index contributed by atoms with van der Waals surface area (Å²) < 4.78 is 4.72. The van der Waals surface area contributed by atoms with Gasteiger partial charge in [-0.2, -0.15) is 5.26 Å². The molecule has 1 fully saturated rings. The molecular formula is C19H22N4O3. The molecule has 1 aromatic rings. The maximum absolute atomic E-state index is 12.9. The third-order valence-corrected chi connectivity index (χ3v) is 4.77. The Balaban J connectivity index is 1.72. The van der Waals surface area contributed by atoms with E-state index >= 15 is 0 Å². The molecule has 26 heavy (non-hydrogen) atoms. The Labute approximate surface area is 153 Å². The van der Waals surface area contributed by atoms with Crippen LogP contribution in [0.3, 0.4) is 0 Å². The molecule has 0 aromatic heterocycles. The summed E-state index contributed by atoms with van der Waals surface area (Å²) in [6.07, 6.45) is 3.10. The molecule has 0 bridgehead atoms. The second kappa shape index (κ2) is 7.91. The number of anilines is 1. The highest BCUT2D eigenvalue weighted by atomic mass is 16.5. The molecule has 7 heteroatoms. The first-order chi connectivity index (χ1) is 12.6. The lowest BCUT2D eigenvalue weighted by molar-refractivity contribution is -0.115. The second-order valence-electron chi connectivity index (χ2n) is 6.34. The normalized spacial score (nSPS) is 17.4. The molecule has 0 unspecified atom stereocenters. The van der Waals surface area contributed by atoms with Crippen molar-refractivity contribution in [3.63, 3.8) is 0 Å². The van der Waals surface area contributed by atoms with E-state index in [1.807, 2.05) is 35.2 Å². The summed E-state index contributed by atoms with van der Waals surface area (Å²) in [6.45, 7) is 2.74. The van der Waals surface area contributed by atoms with E-state index in [4.69, 9.17) is 4.74 Å². The molecule has 2 heterocycles. The van der Waals surface area contributed by atoms with Crippen LogP contribution in [-0.2, 0) is 16.0 Å². The summed E-state index contributed by atoms with van der Waals surface area (Å²) in [5.41, 5.74) is 2.14. The number of piperazine rings is 1. The predicted molar refractivity (Wildman–Crippen MR) is 96.4 cm³/mol. The van der Waals surface area contributed by atoms with Crippen LogP contribution in [0.5, 0.6) is 0 Å². The third-order valence-electron chi connectivity index (χ3n) is 4.77. The SMILES string of the molecule is COC(=O)N1CCN(/C=C(/C#N)C(=O)N2CCCc3ccccc32)CC1. The molecule has 0 spiro atoms. The number of aryl methyl sites for hydroxylation is 1. The summed E-state index contributed by atoms with van der Waals surface area (Å²) in [7, 11) is 1.36. The monoisotopic (exact) mass is 354 g/mol. The summed E-state index contributed by atoms with van der Waals surface area (Å²) in [5, 5.41) is 9.51. The molecule has 3 rings (SSSR count). The molecule has 0 aliphatic carbocycles. The van der Waals surface area contributed by atoms with Gasteiger partial charge >= 0.3 is 6.09 Å². The van der Waals surface area contributed by atoms with E-state index in [0.717, 1.165) is 24.1 Å². The van der Waals surface area contributed by atoms with E-state index in [-0.39, 0.29) is 17.6 Å². The van der Waals surface area contributed by atoms with Gasteiger partial charge in [-0.1, -0.05) is 18.2 Å². The molecule has 0 atom stereocenters. The van der Waals surface area contributed by atoms with E-state index in [1.54, 1.807) is 16.0 Å². The van der Waals surface area contributed by atoms with Crippen LogP contribution in [0.1, 0.15) is 12.0 Å². The number of amides is 2. The first-order valence-corrected chi connectivity index (χ1v) is 8.72. The summed E-state index contributed by atoms with van der Waals surface area (Å²) >= 11 is 0. The van der Waals surface area contributed by atoms with Crippen molar-refractivity contribution < 1.29 is 14.3 Å². The zero-order valence-corrected chi connectivity index (χ0v) is 14.9. The molecule has 0 saturated carbocycles. The van der Waals surface area contributed by atoms with Crippen molar-refractivity contribution >= 4 is 17.7 Å². The summed E-state index contributed by atoms with van der Waals surface area (Å²) in [6, 6.07) is 9.87. The smallest absolute Gasteiger partial charge is 0.409 e. The average molecular weight is 354 g/mol. The van der Waals surface area contributed by atoms with E-state index in [1.165, 1.54) is 7.11 Å². The van der Waals surface area contributed by atoms with Crippen molar-refractivity contribution in [2.75, 3.05) is 44.7 Å². The number of benzene rings is 1. The first-order valence-electron chi connectivity index (χ1n) is 8.72. The number of methoxy groups -OCH3 is 1. The van der Waals surface area contributed by atoms with Crippen LogP contribution in [0.25, 0.3) is 0 Å².